The van der Waals surface area contributed by atoms with Gasteiger partial charge in [0.15, 0.2) is 0 Å². The summed E-state index contributed by atoms with van der Waals surface area (Å²) < 4.78 is 0. The fraction of sp³-hybridized carbons (Fsp3) is 0.643. The molecule has 0 bridgehead atoms. The van der Waals surface area contributed by atoms with Crippen LogP contribution in [0.2, 0.25) is 0 Å². The van der Waals surface area contributed by atoms with E-state index in [2.05, 4.69) is 21.3 Å². The Kier molecular flexibility index (Phi) is 3.39. The Bertz CT molecular complexity index is 371. The molecule has 17 heavy (non-hydrogen) atoms. The average molecular weight is 231 g/mol. The molecule has 0 spiro atoms. The Balaban J connectivity index is 1.50. The zero-order valence-corrected chi connectivity index (χ0v) is 10.4. The molecule has 2 heterocycles. The number of likely N-dealkylation sites (tertiary alicyclic amines) is 1. The van der Waals surface area contributed by atoms with Crippen molar-refractivity contribution in [1.82, 2.24) is 15.2 Å². The van der Waals surface area contributed by atoms with Crippen LogP contribution in [0.3, 0.4) is 0 Å². The number of hydrogen-bond acceptors (Lipinski definition) is 3. The lowest BCUT2D eigenvalue weighted by Crippen LogP contribution is -2.31. The third-order valence-electron chi connectivity index (χ3n) is 3.98. The van der Waals surface area contributed by atoms with Crippen LogP contribution in [0.1, 0.15) is 36.6 Å². The number of nitrogens with one attached hydrogen (secondary N) is 1. The highest BCUT2D eigenvalue weighted by molar-refractivity contribution is 5.27. The molecule has 1 unspecified atom stereocenters. The average Bonchev–Trinajstić information content (AvgIpc) is 2.99. The minimum atomic E-state index is 0.494. The molecule has 3 heteroatoms. The number of aryl methyl sites for hydroxylation is 1. The SMILES string of the molecule is c1cnc2c(c1)CCC2NCCN1CCCC1. The smallest absolute Gasteiger partial charge is 0.0605 e. The summed E-state index contributed by atoms with van der Waals surface area (Å²) >= 11 is 0. The Hall–Kier alpha value is -0.930. The van der Waals surface area contributed by atoms with Crippen molar-refractivity contribution in [1.29, 1.82) is 0 Å². The minimum absolute atomic E-state index is 0.494. The van der Waals surface area contributed by atoms with Gasteiger partial charge in [0.1, 0.15) is 0 Å². The van der Waals surface area contributed by atoms with Crippen molar-refractivity contribution in [2.75, 3.05) is 26.2 Å². The van der Waals surface area contributed by atoms with Crippen LogP contribution in [-0.4, -0.2) is 36.1 Å². The summed E-state index contributed by atoms with van der Waals surface area (Å²) in [6.07, 6.45) is 7.08. The van der Waals surface area contributed by atoms with E-state index in [1.54, 1.807) is 0 Å². The van der Waals surface area contributed by atoms with Crippen molar-refractivity contribution in [2.24, 2.45) is 0 Å². The van der Waals surface area contributed by atoms with E-state index in [4.69, 9.17) is 0 Å². The zero-order valence-electron chi connectivity index (χ0n) is 10.4. The molecule has 2 aliphatic rings. The van der Waals surface area contributed by atoms with E-state index in [1.165, 1.54) is 56.6 Å². The summed E-state index contributed by atoms with van der Waals surface area (Å²) in [4.78, 5) is 7.07. The predicted molar refractivity (Wildman–Crippen MR) is 69.0 cm³/mol. The van der Waals surface area contributed by atoms with Crippen LogP contribution in [0.4, 0.5) is 0 Å². The van der Waals surface area contributed by atoms with Crippen molar-refractivity contribution in [3.8, 4) is 0 Å². The van der Waals surface area contributed by atoms with Gasteiger partial charge >= 0.3 is 0 Å². The third kappa shape index (κ3) is 2.50. The molecule has 1 N–H and O–H groups in total. The summed E-state index contributed by atoms with van der Waals surface area (Å²) in [5.41, 5.74) is 2.72. The van der Waals surface area contributed by atoms with Gasteiger partial charge in [-0.05, 0) is 50.4 Å². The van der Waals surface area contributed by atoms with Crippen molar-refractivity contribution in [3.05, 3.63) is 29.6 Å². The number of pyridine rings is 1. The molecule has 1 aliphatic heterocycles. The van der Waals surface area contributed by atoms with Gasteiger partial charge in [0.25, 0.3) is 0 Å². The standard InChI is InChI=1S/C14H21N3/c1-2-10-17(9-1)11-8-15-13-6-5-12-4-3-7-16-14(12)13/h3-4,7,13,15H,1-2,5-6,8-11H2. The highest BCUT2D eigenvalue weighted by Crippen LogP contribution is 2.28. The Morgan fingerprint density at radius 2 is 2.24 bits per heavy atom. The van der Waals surface area contributed by atoms with Gasteiger partial charge in [-0.3, -0.25) is 4.98 Å². The molecule has 92 valence electrons. The molecule has 0 radical (unpaired) electrons. The van der Waals surface area contributed by atoms with Crippen LogP contribution in [0.5, 0.6) is 0 Å². The molecule has 3 nitrogen and oxygen atoms in total. The van der Waals surface area contributed by atoms with E-state index in [9.17, 15) is 0 Å². The van der Waals surface area contributed by atoms with E-state index in [0.29, 0.717) is 6.04 Å². The molecule has 0 saturated carbocycles. The molecule has 1 aromatic heterocycles. The maximum Gasteiger partial charge on any atom is 0.0605 e. The van der Waals surface area contributed by atoms with E-state index < -0.39 is 0 Å². The summed E-state index contributed by atoms with van der Waals surface area (Å²) in [7, 11) is 0. The van der Waals surface area contributed by atoms with Gasteiger partial charge in [-0.2, -0.15) is 0 Å². The van der Waals surface area contributed by atoms with Crippen LogP contribution in [0.15, 0.2) is 18.3 Å². The zero-order chi connectivity index (χ0) is 11.5. The van der Waals surface area contributed by atoms with Gasteiger partial charge in [0, 0.05) is 19.3 Å². The topological polar surface area (TPSA) is 28.2 Å². The number of hydrogen-bond donors (Lipinski definition) is 1. The molecule has 1 aromatic rings. The van der Waals surface area contributed by atoms with Crippen molar-refractivity contribution >= 4 is 0 Å². The van der Waals surface area contributed by atoms with E-state index in [-0.39, 0.29) is 0 Å². The van der Waals surface area contributed by atoms with Gasteiger partial charge in [-0.1, -0.05) is 6.07 Å². The van der Waals surface area contributed by atoms with Crippen LogP contribution in [0.25, 0.3) is 0 Å². The molecular formula is C14H21N3. The highest BCUT2D eigenvalue weighted by atomic mass is 15.2. The van der Waals surface area contributed by atoms with Crippen LogP contribution < -0.4 is 5.32 Å². The van der Waals surface area contributed by atoms with E-state index in [0.717, 1.165) is 6.54 Å². The Labute approximate surface area is 103 Å². The van der Waals surface area contributed by atoms with Crippen molar-refractivity contribution in [3.63, 3.8) is 0 Å². The van der Waals surface area contributed by atoms with Crippen LogP contribution >= 0.6 is 0 Å². The number of nitrogens with zero attached hydrogens (tertiary/aromatic N) is 2. The van der Waals surface area contributed by atoms with Crippen LogP contribution in [-0.2, 0) is 6.42 Å². The van der Waals surface area contributed by atoms with Crippen molar-refractivity contribution < 1.29 is 0 Å². The number of rotatable bonds is 4. The second kappa shape index (κ2) is 5.15. The van der Waals surface area contributed by atoms with Gasteiger partial charge in [-0.25, -0.2) is 0 Å². The molecule has 1 aliphatic carbocycles. The second-order valence-corrected chi connectivity index (χ2v) is 5.14. The van der Waals surface area contributed by atoms with E-state index in [1.807, 2.05) is 12.3 Å². The number of fused-ring (bicyclic) bond motifs is 1. The number of aromatic nitrogens is 1. The van der Waals surface area contributed by atoms with Gasteiger partial charge in [0.2, 0.25) is 0 Å². The van der Waals surface area contributed by atoms with E-state index >= 15 is 0 Å². The molecule has 3 rings (SSSR count). The highest BCUT2D eigenvalue weighted by Gasteiger charge is 2.22. The lowest BCUT2D eigenvalue weighted by Gasteiger charge is -2.18. The summed E-state index contributed by atoms with van der Waals surface area (Å²) in [5, 5.41) is 3.66. The summed E-state index contributed by atoms with van der Waals surface area (Å²) in [6, 6.07) is 4.75. The lowest BCUT2D eigenvalue weighted by atomic mass is 10.2. The third-order valence-corrected chi connectivity index (χ3v) is 3.98. The quantitative estimate of drug-likeness (QED) is 0.856. The van der Waals surface area contributed by atoms with Crippen LogP contribution in [0, 0.1) is 0 Å². The first-order valence-electron chi connectivity index (χ1n) is 6.83. The first kappa shape index (κ1) is 11.2. The predicted octanol–water partition coefficient (Wildman–Crippen LogP) is 1.75. The monoisotopic (exact) mass is 231 g/mol. The molecule has 1 saturated heterocycles. The van der Waals surface area contributed by atoms with Gasteiger partial charge in [0.05, 0.1) is 11.7 Å². The molecular weight excluding hydrogens is 210 g/mol. The first-order chi connectivity index (χ1) is 8.43. The maximum absolute atomic E-state index is 4.52. The normalized spacial score (nSPS) is 24.1. The minimum Gasteiger partial charge on any atom is -0.307 e. The Morgan fingerprint density at radius 3 is 3.12 bits per heavy atom. The fourth-order valence-corrected chi connectivity index (χ4v) is 3.01. The maximum atomic E-state index is 4.52. The molecule has 1 atom stereocenters. The first-order valence-corrected chi connectivity index (χ1v) is 6.83. The second-order valence-electron chi connectivity index (χ2n) is 5.14. The summed E-state index contributed by atoms with van der Waals surface area (Å²) in [6.45, 7) is 4.88. The lowest BCUT2D eigenvalue weighted by molar-refractivity contribution is 0.326. The molecule has 0 aromatic carbocycles. The largest absolute Gasteiger partial charge is 0.307 e. The van der Waals surface area contributed by atoms with Gasteiger partial charge < -0.3 is 10.2 Å². The Morgan fingerprint density at radius 1 is 1.35 bits per heavy atom. The fourth-order valence-electron chi connectivity index (χ4n) is 3.01. The molecule has 1 fully saturated rings. The summed E-state index contributed by atoms with van der Waals surface area (Å²) in [5.74, 6) is 0. The van der Waals surface area contributed by atoms with Crippen molar-refractivity contribution in [2.45, 2.75) is 31.7 Å². The van der Waals surface area contributed by atoms with Gasteiger partial charge in [-0.15, -0.1) is 0 Å². The molecule has 0 amide bonds.